The SMILES string of the molecule is CCS(=O)(=O)N1CCc2c(cccc2NCc2cc(=O)n3cc(Cl)ccc3n2)C1. The number of halogens is 1. The first kappa shape index (κ1) is 19.9. The van der Waals surface area contributed by atoms with Gasteiger partial charge in [0.25, 0.3) is 5.56 Å². The van der Waals surface area contributed by atoms with E-state index in [2.05, 4.69) is 10.3 Å². The summed E-state index contributed by atoms with van der Waals surface area (Å²) in [5.74, 6) is 0.106. The van der Waals surface area contributed by atoms with Gasteiger partial charge in [0, 0.05) is 31.0 Å². The first-order valence-corrected chi connectivity index (χ1v) is 11.4. The van der Waals surface area contributed by atoms with Crippen LogP contribution in [-0.2, 0) is 29.5 Å². The second-order valence-corrected chi connectivity index (χ2v) is 9.64. The van der Waals surface area contributed by atoms with E-state index in [0.717, 1.165) is 16.8 Å². The summed E-state index contributed by atoms with van der Waals surface area (Å²) < 4.78 is 27.3. The van der Waals surface area contributed by atoms with Crippen LogP contribution in [0.2, 0.25) is 5.02 Å². The van der Waals surface area contributed by atoms with Crippen LogP contribution in [0.4, 0.5) is 5.69 Å². The van der Waals surface area contributed by atoms with E-state index in [9.17, 15) is 13.2 Å². The molecule has 9 heteroatoms. The highest BCUT2D eigenvalue weighted by atomic mass is 35.5. The first-order chi connectivity index (χ1) is 13.9. The average Bonchev–Trinajstić information content (AvgIpc) is 2.72. The van der Waals surface area contributed by atoms with Gasteiger partial charge in [-0.15, -0.1) is 0 Å². The van der Waals surface area contributed by atoms with Crippen molar-refractivity contribution in [2.24, 2.45) is 0 Å². The van der Waals surface area contributed by atoms with Crippen molar-refractivity contribution in [3.05, 3.63) is 74.8 Å². The third-order valence-corrected chi connectivity index (χ3v) is 7.18. The van der Waals surface area contributed by atoms with Crippen molar-refractivity contribution in [3.63, 3.8) is 0 Å². The van der Waals surface area contributed by atoms with Crippen LogP contribution in [0.15, 0.2) is 47.4 Å². The maximum atomic E-state index is 12.3. The molecule has 4 rings (SSSR count). The fraction of sp³-hybridized carbons (Fsp3) is 0.300. The van der Waals surface area contributed by atoms with E-state index in [1.807, 2.05) is 18.2 Å². The molecule has 0 fully saturated rings. The Labute approximate surface area is 174 Å². The Morgan fingerprint density at radius 2 is 2.07 bits per heavy atom. The molecule has 29 heavy (non-hydrogen) atoms. The molecule has 0 amide bonds. The summed E-state index contributed by atoms with van der Waals surface area (Å²) in [6.07, 6.45) is 2.19. The summed E-state index contributed by atoms with van der Waals surface area (Å²) in [5, 5.41) is 3.83. The van der Waals surface area contributed by atoms with Crippen LogP contribution in [0.25, 0.3) is 5.65 Å². The van der Waals surface area contributed by atoms with Gasteiger partial charge in [-0.2, -0.15) is 4.31 Å². The smallest absolute Gasteiger partial charge is 0.258 e. The Morgan fingerprint density at radius 1 is 1.24 bits per heavy atom. The number of benzene rings is 1. The van der Waals surface area contributed by atoms with Crippen LogP contribution < -0.4 is 10.9 Å². The molecule has 0 bridgehead atoms. The lowest BCUT2D eigenvalue weighted by Crippen LogP contribution is -2.37. The second kappa shape index (κ2) is 7.78. The molecule has 152 valence electrons. The summed E-state index contributed by atoms with van der Waals surface area (Å²) in [5.41, 5.74) is 4.02. The quantitative estimate of drug-likeness (QED) is 0.670. The van der Waals surface area contributed by atoms with Gasteiger partial charge in [0.1, 0.15) is 5.65 Å². The molecule has 1 N–H and O–H groups in total. The van der Waals surface area contributed by atoms with E-state index in [1.165, 1.54) is 14.8 Å². The highest BCUT2D eigenvalue weighted by Crippen LogP contribution is 2.28. The zero-order chi connectivity index (χ0) is 20.6. The number of nitrogens with one attached hydrogen (secondary N) is 1. The van der Waals surface area contributed by atoms with Gasteiger partial charge in [-0.3, -0.25) is 9.20 Å². The van der Waals surface area contributed by atoms with E-state index in [0.29, 0.717) is 42.4 Å². The molecule has 1 aliphatic rings. The van der Waals surface area contributed by atoms with Crippen molar-refractivity contribution < 1.29 is 8.42 Å². The number of hydrogen-bond acceptors (Lipinski definition) is 5. The molecule has 0 radical (unpaired) electrons. The van der Waals surface area contributed by atoms with Crippen molar-refractivity contribution >= 4 is 33.0 Å². The van der Waals surface area contributed by atoms with Crippen LogP contribution in [0, 0.1) is 0 Å². The van der Waals surface area contributed by atoms with Crippen LogP contribution in [-0.4, -0.2) is 34.4 Å². The number of sulfonamides is 1. The topological polar surface area (TPSA) is 83.8 Å². The van der Waals surface area contributed by atoms with Crippen LogP contribution in [0.3, 0.4) is 0 Å². The number of nitrogens with zero attached hydrogens (tertiary/aromatic N) is 3. The van der Waals surface area contributed by atoms with E-state index in [4.69, 9.17) is 11.6 Å². The molecule has 3 heterocycles. The minimum absolute atomic E-state index is 0.106. The zero-order valence-corrected chi connectivity index (χ0v) is 17.5. The summed E-state index contributed by atoms with van der Waals surface area (Å²) in [4.78, 5) is 16.8. The fourth-order valence-corrected chi connectivity index (χ4v) is 4.80. The first-order valence-electron chi connectivity index (χ1n) is 9.37. The number of hydrogen-bond donors (Lipinski definition) is 1. The van der Waals surface area contributed by atoms with Crippen LogP contribution >= 0.6 is 11.6 Å². The van der Waals surface area contributed by atoms with Crippen molar-refractivity contribution in [1.82, 2.24) is 13.7 Å². The van der Waals surface area contributed by atoms with Gasteiger partial charge in [-0.25, -0.2) is 13.4 Å². The van der Waals surface area contributed by atoms with E-state index in [-0.39, 0.29) is 11.3 Å². The van der Waals surface area contributed by atoms with Gasteiger partial charge >= 0.3 is 0 Å². The van der Waals surface area contributed by atoms with Crippen molar-refractivity contribution in [3.8, 4) is 0 Å². The molecular formula is C20H21ClN4O3S. The minimum atomic E-state index is -3.20. The third kappa shape index (κ3) is 4.01. The van der Waals surface area contributed by atoms with Gasteiger partial charge in [-0.05, 0) is 42.7 Å². The molecule has 2 aromatic heterocycles. The van der Waals surface area contributed by atoms with Crippen molar-refractivity contribution in [2.75, 3.05) is 17.6 Å². The largest absolute Gasteiger partial charge is 0.379 e. The lowest BCUT2D eigenvalue weighted by atomic mass is 9.99. The molecule has 0 spiro atoms. The van der Waals surface area contributed by atoms with Crippen molar-refractivity contribution in [1.29, 1.82) is 0 Å². The second-order valence-electron chi connectivity index (χ2n) is 6.94. The minimum Gasteiger partial charge on any atom is -0.379 e. The molecule has 0 atom stereocenters. The fourth-order valence-electron chi connectivity index (χ4n) is 3.57. The average molecular weight is 433 g/mol. The molecule has 0 unspecified atom stereocenters. The summed E-state index contributed by atoms with van der Waals surface area (Å²) in [6, 6.07) is 10.7. The predicted molar refractivity (Wildman–Crippen MR) is 114 cm³/mol. The number of anilines is 1. The Kier molecular flexibility index (Phi) is 5.33. The van der Waals surface area contributed by atoms with E-state index >= 15 is 0 Å². The molecular weight excluding hydrogens is 412 g/mol. The van der Waals surface area contributed by atoms with Gasteiger partial charge in [0.2, 0.25) is 10.0 Å². The molecule has 3 aromatic rings. The number of rotatable bonds is 5. The molecule has 7 nitrogen and oxygen atoms in total. The number of aromatic nitrogens is 2. The third-order valence-electron chi connectivity index (χ3n) is 5.13. The van der Waals surface area contributed by atoms with Crippen molar-refractivity contribution in [2.45, 2.75) is 26.4 Å². The molecule has 0 aliphatic carbocycles. The zero-order valence-electron chi connectivity index (χ0n) is 15.9. The summed E-state index contributed by atoms with van der Waals surface area (Å²) in [6.45, 7) is 2.91. The van der Waals surface area contributed by atoms with E-state index < -0.39 is 10.0 Å². The van der Waals surface area contributed by atoms with Gasteiger partial charge < -0.3 is 5.32 Å². The number of pyridine rings is 1. The van der Waals surface area contributed by atoms with Gasteiger partial charge in [0.15, 0.2) is 0 Å². The normalized spacial score (nSPS) is 14.7. The molecule has 1 aromatic carbocycles. The lowest BCUT2D eigenvalue weighted by molar-refractivity contribution is 0.392. The molecule has 0 saturated heterocycles. The maximum Gasteiger partial charge on any atom is 0.258 e. The predicted octanol–water partition coefficient (Wildman–Crippen LogP) is 2.67. The Balaban J connectivity index is 1.56. The summed E-state index contributed by atoms with van der Waals surface area (Å²) >= 11 is 5.95. The van der Waals surface area contributed by atoms with Gasteiger partial charge in [0.05, 0.1) is 23.0 Å². The van der Waals surface area contributed by atoms with Gasteiger partial charge in [-0.1, -0.05) is 23.7 Å². The highest BCUT2D eigenvalue weighted by Gasteiger charge is 2.26. The Hall–Kier alpha value is -2.42. The number of fused-ring (bicyclic) bond motifs is 2. The van der Waals surface area contributed by atoms with Crippen LogP contribution in [0.5, 0.6) is 0 Å². The summed E-state index contributed by atoms with van der Waals surface area (Å²) in [7, 11) is -3.20. The van der Waals surface area contributed by atoms with Crippen LogP contribution in [0.1, 0.15) is 23.7 Å². The Bertz CT molecular complexity index is 1240. The molecule has 0 saturated carbocycles. The monoisotopic (exact) mass is 432 g/mol. The lowest BCUT2D eigenvalue weighted by Gasteiger charge is -2.29. The standard InChI is InChI=1S/C20H21ClN4O3S/c1-2-29(27,28)24-9-8-17-14(12-24)4-3-5-18(17)22-11-16-10-20(26)25-13-15(21)6-7-19(25)23-16/h3-7,10,13,22H,2,8-9,11-12H2,1H3. The Morgan fingerprint density at radius 3 is 2.86 bits per heavy atom. The highest BCUT2D eigenvalue weighted by molar-refractivity contribution is 7.89. The maximum absolute atomic E-state index is 12.3. The van der Waals surface area contributed by atoms with E-state index in [1.54, 1.807) is 25.3 Å². The molecule has 1 aliphatic heterocycles.